The lowest BCUT2D eigenvalue weighted by molar-refractivity contribution is 0.467. The molecular formula is C15H16BrClN2O. The Balaban J connectivity index is 2.20. The van der Waals surface area contributed by atoms with E-state index in [0.717, 1.165) is 16.6 Å². The number of nitrogens with one attached hydrogen (secondary N) is 1. The number of nitrogens with zero attached hydrogens (tertiary/aromatic N) is 1. The minimum atomic E-state index is 0.410. The Hall–Kier alpha value is -1.10. The summed E-state index contributed by atoms with van der Waals surface area (Å²) in [5.41, 5.74) is 1.05. The Morgan fingerprint density at radius 3 is 2.80 bits per heavy atom. The summed E-state index contributed by atoms with van der Waals surface area (Å²) in [5.74, 6) is 1.33. The first kappa shape index (κ1) is 15.3. The first-order valence-corrected chi connectivity index (χ1v) is 7.52. The number of aromatic nitrogens is 1. The molecule has 106 valence electrons. The molecule has 2 aromatic rings. The molecule has 0 amide bonds. The van der Waals surface area contributed by atoms with Gasteiger partial charge in [0.15, 0.2) is 0 Å². The maximum atomic E-state index is 6.17. The molecule has 3 nitrogen and oxygen atoms in total. The quantitative estimate of drug-likeness (QED) is 0.837. The van der Waals surface area contributed by atoms with Crippen LogP contribution in [-0.2, 0) is 6.54 Å². The average Bonchev–Trinajstić information content (AvgIpc) is 2.41. The number of pyridine rings is 1. The van der Waals surface area contributed by atoms with Crippen LogP contribution >= 0.6 is 27.5 Å². The van der Waals surface area contributed by atoms with Crippen LogP contribution in [0.3, 0.4) is 0 Å². The van der Waals surface area contributed by atoms with Crippen molar-refractivity contribution in [3.63, 3.8) is 0 Å². The molecule has 5 heteroatoms. The van der Waals surface area contributed by atoms with Crippen LogP contribution in [0.15, 0.2) is 41.1 Å². The Morgan fingerprint density at radius 1 is 1.30 bits per heavy atom. The number of hydrogen-bond donors (Lipinski definition) is 1. The Labute approximate surface area is 132 Å². The number of rotatable bonds is 5. The van der Waals surface area contributed by atoms with Crippen LogP contribution in [-0.4, -0.2) is 11.0 Å². The SMILES string of the molecule is CC(C)NCc1ccncc1Oc1ccc(Br)cc1Cl. The van der Waals surface area contributed by atoms with E-state index in [1.807, 2.05) is 18.2 Å². The smallest absolute Gasteiger partial charge is 0.150 e. The van der Waals surface area contributed by atoms with E-state index in [4.69, 9.17) is 16.3 Å². The first-order chi connectivity index (χ1) is 9.56. The highest BCUT2D eigenvalue weighted by Gasteiger charge is 2.08. The van der Waals surface area contributed by atoms with E-state index in [-0.39, 0.29) is 0 Å². The van der Waals surface area contributed by atoms with Crippen LogP contribution in [0, 0.1) is 0 Å². The third-order valence-electron chi connectivity index (χ3n) is 2.68. The van der Waals surface area contributed by atoms with Gasteiger partial charge in [-0.25, -0.2) is 0 Å². The molecule has 0 unspecified atom stereocenters. The topological polar surface area (TPSA) is 34.2 Å². The molecule has 0 fully saturated rings. The normalized spacial score (nSPS) is 10.8. The molecule has 1 aromatic carbocycles. The molecule has 0 aliphatic heterocycles. The lowest BCUT2D eigenvalue weighted by Crippen LogP contribution is -2.22. The van der Waals surface area contributed by atoms with Crippen molar-refractivity contribution in [3.05, 3.63) is 51.7 Å². The van der Waals surface area contributed by atoms with E-state index in [1.165, 1.54) is 0 Å². The maximum Gasteiger partial charge on any atom is 0.150 e. The fraction of sp³-hybridized carbons (Fsp3) is 0.267. The van der Waals surface area contributed by atoms with Gasteiger partial charge in [-0.05, 0) is 24.3 Å². The van der Waals surface area contributed by atoms with Crippen molar-refractivity contribution in [3.8, 4) is 11.5 Å². The summed E-state index contributed by atoms with van der Waals surface area (Å²) < 4.78 is 6.79. The molecule has 20 heavy (non-hydrogen) atoms. The molecule has 0 saturated carbocycles. The predicted molar refractivity (Wildman–Crippen MR) is 85.4 cm³/mol. The molecule has 0 atom stereocenters. The highest BCUT2D eigenvalue weighted by Crippen LogP contribution is 2.32. The van der Waals surface area contributed by atoms with Gasteiger partial charge in [0.05, 0.1) is 11.2 Å². The summed E-state index contributed by atoms with van der Waals surface area (Å²) in [5, 5.41) is 3.92. The lowest BCUT2D eigenvalue weighted by Gasteiger charge is -2.13. The molecule has 0 aliphatic rings. The molecule has 0 spiro atoms. The third-order valence-corrected chi connectivity index (χ3v) is 3.47. The van der Waals surface area contributed by atoms with Crippen LogP contribution in [0.2, 0.25) is 5.02 Å². The molecule has 1 aromatic heterocycles. The molecule has 0 bridgehead atoms. The number of hydrogen-bond acceptors (Lipinski definition) is 3. The highest BCUT2D eigenvalue weighted by atomic mass is 79.9. The second kappa shape index (κ2) is 7.07. The van der Waals surface area contributed by atoms with E-state index >= 15 is 0 Å². The van der Waals surface area contributed by atoms with Crippen molar-refractivity contribution >= 4 is 27.5 Å². The van der Waals surface area contributed by atoms with Crippen molar-refractivity contribution in [1.29, 1.82) is 0 Å². The van der Waals surface area contributed by atoms with Crippen LogP contribution in [0.5, 0.6) is 11.5 Å². The van der Waals surface area contributed by atoms with Gasteiger partial charge in [0.2, 0.25) is 0 Å². The van der Waals surface area contributed by atoms with Gasteiger partial charge in [-0.3, -0.25) is 4.98 Å². The minimum absolute atomic E-state index is 0.410. The molecular weight excluding hydrogens is 340 g/mol. The fourth-order valence-electron chi connectivity index (χ4n) is 1.64. The number of ether oxygens (including phenoxy) is 1. The molecule has 1 N–H and O–H groups in total. The Bertz CT molecular complexity index is 590. The van der Waals surface area contributed by atoms with E-state index in [9.17, 15) is 0 Å². The van der Waals surface area contributed by atoms with Gasteiger partial charge in [-0.1, -0.05) is 41.4 Å². The average molecular weight is 356 g/mol. The van der Waals surface area contributed by atoms with E-state index < -0.39 is 0 Å². The third kappa shape index (κ3) is 4.20. The standard InChI is InChI=1S/C15H16BrClN2O/c1-10(2)19-8-11-5-6-18-9-15(11)20-14-4-3-12(16)7-13(14)17/h3-7,9-10,19H,8H2,1-2H3. The van der Waals surface area contributed by atoms with Gasteiger partial charge in [-0.2, -0.15) is 0 Å². The van der Waals surface area contributed by atoms with Crippen molar-refractivity contribution in [2.24, 2.45) is 0 Å². The van der Waals surface area contributed by atoms with E-state index in [0.29, 0.717) is 22.6 Å². The summed E-state index contributed by atoms with van der Waals surface area (Å²) >= 11 is 9.54. The predicted octanol–water partition coefficient (Wildman–Crippen LogP) is 4.79. The summed E-state index contributed by atoms with van der Waals surface area (Å²) in [6, 6.07) is 7.88. The second-order valence-corrected chi connectivity index (χ2v) is 6.02. The van der Waals surface area contributed by atoms with Crippen LogP contribution in [0.1, 0.15) is 19.4 Å². The van der Waals surface area contributed by atoms with Crippen LogP contribution in [0.25, 0.3) is 0 Å². The number of benzene rings is 1. The fourth-order valence-corrected chi connectivity index (χ4v) is 2.35. The summed E-state index contributed by atoms with van der Waals surface area (Å²) in [7, 11) is 0. The molecule has 0 saturated heterocycles. The Morgan fingerprint density at radius 2 is 2.10 bits per heavy atom. The van der Waals surface area contributed by atoms with Crippen LogP contribution < -0.4 is 10.1 Å². The molecule has 1 heterocycles. The van der Waals surface area contributed by atoms with Gasteiger partial charge in [0, 0.05) is 28.8 Å². The van der Waals surface area contributed by atoms with E-state index in [1.54, 1.807) is 18.5 Å². The monoisotopic (exact) mass is 354 g/mol. The molecule has 2 rings (SSSR count). The lowest BCUT2D eigenvalue weighted by atomic mass is 10.2. The van der Waals surface area contributed by atoms with Crippen molar-refractivity contribution in [2.45, 2.75) is 26.4 Å². The highest BCUT2D eigenvalue weighted by molar-refractivity contribution is 9.10. The largest absolute Gasteiger partial charge is 0.454 e. The van der Waals surface area contributed by atoms with Crippen molar-refractivity contribution in [2.75, 3.05) is 0 Å². The van der Waals surface area contributed by atoms with E-state index in [2.05, 4.69) is 40.1 Å². The van der Waals surface area contributed by atoms with Gasteiger partial charge in [0.25, 0.3) is 0 Å². The van der Waals surface area contributed by atoms with Crippen LogP contribution in [0.4, 0.5) is 0 Å². The summed E-state index contributed by atoms with van der Waals surface area (Å²) in [6.45, 7) is 4.93. The molecule has 0 aliphatic carbocycles. The van der Waals surface area contributed by atoms with Crippen molar-refractivity contribution < 1.29 is 4.74 Å². The van der Waals surface area contributed by atoms with Gasteiger partial charge >= 0.3 is 0 Å². The van der Waals surface area contributed by atoms with Gasteiger partial charge in [-0.15, -0.1) is 0 Å². The zero-order chi connectivity index (χ0) is 14.5. The first-order valence-electron chi connectivity index (χ1n) is 6.35. The second-order valence-electron chi connectivity index (χ2n) is 4.70. The summed E-state index contributed by atoms with van der Waals surface area (Å²) in [6.07, 6.45) is 3.46. The zero-order valence-corrected chi connectivity index (χ0v) is 13.7. The number of halogens is 2. The van der Waals surface area contributed by atoms with Gasteiger partial charge < -0.3 is 10.1 Å². The molecule has 0 radical (unpaired) electrons. The minimum Gasteiger partial charge on any atom is -0.454 e. The summed E-state index contributed by atoms with van der Waals surface area (Å²) in [4.78, 5) is 4.11. The van der Waals surface area contributed by atoms with Gasteiger partial charge in [0.1, 0.15) is 11.5 Å². The van der Waals surface area contributed by atoms with Crippen molar-refractivity contribution in [1.82, 2.24) is 10.3 Å². The maximum absolute atomic E-state index is 6.17. The Kier molecular flexibility index (Phi) is 5.40. The zero-order valence-electron chi connectivity index (χ0n) is 11.4.